The van der Waals surface area contributed by atoms with E-state index in [9.17, 15) is 9.59 Å². The topological polar surface area (TPSA) is 73.5 Å². The summed E-state index contributed by atoms with van der Waals surface area (Å²) < 4.78 is 0. The van der Waals surface area contributed by atoms with Gasteiger partial charge in [-0.1, -0.05) is 80.4 Å². The summed E-state index contributed by atoms with van der Waals surface area (Å²) >= 11 is 1.78. The number of rotatable bonds is 13. The summed E-state index contributed by atoms with van der Waals surface area (Å²) in [6.07, 6.45) is 22.1. The van der Waals surface area contributed by atoms with Crippen LogP contribution in [0.3, 0.4) is 0 Å². The highest BCUT2D eigenvalue weighted by Crippen LogP contribution is 2.21. The molecule has 0 aromatic carbocycles. The van der Waals surface area contributed by atoms with Gasteiger partial charge in [-0.3, -0.25) is 4.79 Å². The molecule has 7 heteroatoms. The van der Waals surface area contributed by atoms with Gasteiger partial charge in [0, 0.05) is 50.4 Å². The van der Waals surface area contributed by atoms with Crippen molar-refractivity contribution in [2.24, 2.45) is 11.8 Å². The van der Waals surface area contributed by atoms with Crippen LogP contribution in [0.15, 0.2) is 35.1 Å². The maximum absolute atomic E-state index is 13.0. The molecule has 0 saturated carbocycles. The summed E-state index contributed by atoms with van der Waals surface area (Å²) in [4.78, 5) is 27.4. The van der Waals surface area contributed by atoms with Crippen molar-refractivity contribution >= 4 is 23.7 Å². The highest BCUT2D eigenvalue weighted by Gasteiger charge is 2.19. The lowest BCUT2D eigenvalue weighted by Crippen LogP contribution is -2.46. The predicted molar refractivity (Wildman–Crippen MR) is 184 cm³/mol. The Balaban J connectivity index is -0.00000141. The van der Waals surface area contributed by atoms with Crippen molar-refractivity contribution < 1.29 is 9.59 Å². The van der Waals surface area contributed by atoms with Crippen LogP contribution in [-0.4, -0.2) is 61.6 Å². The first-order valence-electron chi connectivity index (χ1n) is 15.5. The van der Waals surface area contributed by atoms with E-state index < -0.39 is 0 Å². The lowest BCUT2D eigenvalue weighted by atomic mass is 9.97. The molecule has 1 aliphatic rings. The van der Waals surface area contributed by atoms with Crippen molar-refractivity contribution in [2.75, 3.05) is 44.7 Å². The fourth-order valence-corrected chi connectivity index (χ4v) is 3.93. The molecule has 0 spiro atoms. The molecule has 6 nitrogen and oxygen atoms in total. The molecule has 238 valence electrons. The van der Waals surface area contributed by atoms with Crippen molar-refractivity contribution in [1.29, 1.82) is 0 Å². The lowest BCUT2D eigenvalue weighted by Gasteiger charge is -2.28. The van der Waals surface area contributed by atoms with Crippen LogP contribution < -0.4 is 16.0 Å². The van der Waals surface area contributed by atoms with Crippen LogP contribution in [-0.2, 0) is 4.79 Å². The molecule has 1 aliphatic heterocycles. The molecular formula is C34H64N4O2S. The molecule has 1 rings (SSSR count). The summed E-state index contributed by atoms with van der Waals surface area (Å²) in [7, 11) is 0. The van der Waals surface area contributed by atoms with Crippen LogP contribution in [0.4, 0.5) is 4.79 Å². The normalized spacial score (nSPS) is 13.7. The van der Waals surface area contributed by atoms with Gasteiger partial charge in [0.25, 0.3) is 0 Å². The first-order valence-corrected chi connectivity index (χ1v) is 16.8. The maximum atomic E-state index is 13.0. The number of nitrogens with one attached hydrogen (secondary N) is 3. The molecule has 3 amide bonds. The fraction of sp³-hybridized carbons (Fsp3) is 0.706. The fourth-order valence-electron chi connectivity index (χ4n) is 3.50. The Bertz CT molecular complexity index is 761. The molecule has 0 atom stereocenters. The molecule has 0 radical (unpaired) electrons. The second-order valence-electron chi connectivity index (χ2n) is 11.1. The predicted octanol–water partition coefficient (Wildman–Crippen LogP) is 7.79. The van der Waals surface area contributed by atoms with Gasteiger partial charge in [-0.25, -0.2) is 4.79 Å². The van der Waals surface area contributed by atoms with E-state index in [2.05, 4.69) is 103 Å². The number of urea groups is 1. The first-order chi connectivity index (χ1) is 19.5. The van der Waals surface area contributed by atoms with Gasteiger partial charge in [-0.2, -0.15) is 11.8 Å². The van der Waals surface area contributed by atoms with Crippen molar-refractivity contribution in [3.05, 3.63) is 35.1 Å². The van der Waals surface area contributed by atoms with Crippen molar-refractivity contribution in [3.63, 3.8) is 0 Å². The molecule has 1 fully saturated rings. The maximum Gasteiger partial charge on any atom is 0.318 e. The van der Waals surface area contributed by atoms with Gasteiger partial charge in [0.1, 0.15) is 0 Å². The third kappa shape index (κ3) is 27.8. The second-order valence-corrected chi connectivity index (χ2v) is 12.1. The summed E-state index contributed by atoms with van der Waals surface area (Å²) in [5, 5.41) is 9.34. The first kappa shape index (κ1) is 43.3. The van der Waals surface area contributed by atoms with Crippen LogP contribution in [0, 0.1) is 24.7 Å². The highest BCUT2D eigenvalue weighted by atomic mass is 32.2. The van der Waals surface area contributed by atoms with Crippen molar-refractivity contribution in [2.45, 2.75) is 101 Å². The third-order valence-corrected chi connectivity index (χ3v) is 5.86. The third-order valence-electron chi connectivity index (χ3n) is 5.17. The van der Waals surface area contributed by atoms with Crippen LogP contribution in [0.2, 0.25) is 0 Å². The highest BCUT2D eigenvalue weighted by molar-refractivity contribution is 7.98. The van der Waals surface area contributed by atoms with Crippen LogP contribution >= 0.6 is 11.8 Å². The van der Waals surface area contributed by atoms with Crippen LogP contribution in [0.5, 0.6) is 0 Å². The zero-order chi connectivity index (χ0) is 32.1. The van der Waals surface area contributed by atoms with Crippen LogP contribution in [0.25, 0.3) is 0 Å². The summed E-state index contributed by atoms with van der Waals surface area (Å²) in [5.74, 6) is 2.34. The van der Waals surface area contributed by atoms with Gasteiger partial charge >= 0.3 is 6.03 Å². The number of unbranched alkanes of at least 4 members (excludes halogenated alkanes) is 1. The number of hydrogen-bond acceptors (Lipinski definition) is 4. The van der Waals surface area contributed by atoms with Gasteiger partial charge in [0.05, 0.1) is 0 Å². The molecule has 0 aromatic rings. The monoisotopic (exact) mass is 592 g/mol. The Kier molecular flexibility index (Phi) is 32.5. The van der Waals surface area contributed by atoms with E-state index >= 15 is 0 Å². The number of allylic oxidation sites excluding steroid dienone is 4. The van der Waals surface area contributed by atoms with E-state index in [4.69, 9.17) is 0 Å². The zero-order valence-corrected chi connectivity index (χ0v) is 29.0. The quantitative estimate of drug-likeness (QED) is 0.0671. The average molecular weight is 593 g/mol. The SMILES string of the molecule is C#C.CC(C)C.CCC.CCCC=CC/C(NC(=O)NCCCSC)=C(\C=C(/C)C(=O)N1CCNCC1)CC(C)C. The number of amides is 3. The second kappa shape index (κ2) is 30.8. The molecule has 41 heavy (non-hydrogen) atoms. The van der Waals surface area contributed by atoms with E-state index in [1.807, 2.05) is 17.9 Å². The van der Waals surface area contributed by atoms with Gasteiger partial charge in [-0.05, 0) is 61.7 Å². The van der Waals surface area contributed by atoms with Crippen molar-refractivity contribution in [1.82, 2.24) is 20.9 Å². The van der Waals surface area contributed by atoms with E-state index in [0.717, 1.165) is 80.4 Å². The minimum Gasteiger partial charge on any atom is -0.338 e. The number of thioether (sulfide) groups is 1. The standard InChI is InChI=1S/C25H44N4O2S.C4H10.C3H8.C2H2/c1-6-7-8-9-11-23(28-25(31)27-12-10-17-32-5)22(18-20(2)3)19-21(4)24(30)29-15-13-26-14-16-29;1-4(2)3;1-3-2;1-2/h8-9,19-20,26H,6-7,10-18H2,1-5H3,(H2,27,28,31);4H,1-3H3;3H2,1-2H3;1-2H/b9-8?,21-19+,23-22+;;;. The molecule has 0 aromatic heterocycles. The average Bonchev–Trinajstić information content (AvgIpc) is 2.93. The molecule has 0 bridgehead atoms. The summed E-state index contributed by atoms with van der Waals surface area (Å²) in [6.45, 7) is 22.9. The number of nitrogens with zero attached hydrogens (tertiary/aromatic N) is 1. The van der Waals surface area contributed by atoms with E-state index in [0.29, 0.717) is 18.9 Å². The Labute approximate surface area is 259 Å². The van der Waals surface area contributed by atoms with Crippen molar-refractivity contribution in [3.8, 4) is 12.8 Å². The Morgan fingerprint density at radius 3 is 2.07 bits per heavy atom. The number of carbonyl (C=O) groups excluding carboxylic acids is 2. The van der Waals surface area contributed by atoms with Gasteiger partial charge in [0.2, 0.25) is 5.91 Å². The minimum atomic E-state index is -0.175. The molecule has 1 heterocycles. The largest absolute Gasteiger partial charge is 0.338 e. The number of hydrogen-bond donors (Lipinski definition) is 3. The Morgan fingerprint density at radius 1 is 1.02 bits per heavy atom. The van der Waals surface area contributed by atoms with E-state index in [1.54, 1.807) is 11.8 Å². The van der Waals surface area contributed by atoms with Gasteiger partial charge in [0.15, 0.2) is 0 Å². The van der Waals surface area contributed by atoms with Gasteiger partial charge < -0.3 is 20.9 Å². The number of piperazine rings is 1. The molecule has 3 N–H and O–H groups in total. The van der Waals surface area contributed by atoms with Gasteiger partial charge in [-0.15, -0.1) is 12.8 Å². The van der Waals surface area contributed by atoms with E-state index in [-0.39, 0.29) is 11.9 Å². The zero-order valence-electron chi connectivity index (χ0n) is 28.2. The molecule has 0 aliphatic carbocycles. The number of carbonyl (C=O) groups is 2. The summed E-state index contributed by atoms with van der Waals surface area (Å²) in [6, 6.07) is -0.175. The number of terminal acetylenes is 1. The Hall–Kier alpha value is -2.17. The molecule has 0 unspecified atom stereocenters. The smallest absolute Gasteiger partial charge is 0.318 e. The molecule has 1 saturated heterocycles. The minimum absolute atomic E-state index is 0.0788. The summed E-state index contributed by atoms with van der Waals surface area (Å²) in [5.41, 5.74) is 2.63. The Morgan fingerprint density at radius 2 is 1.59 bits per heavy atom. The molecular weight excluding hydrogens is 528 g/mol. The van der Waals surface area contributed by atoms with E-state index in [1.165, 1.54) is 6.42 Å². The van der Waals surface area contributed by atoms with Crippen LogP contribution in [0.1, 0.15) is 101 Å². The lowest BCUT2D eigenvalue weighted by molar-refractivity contribution is -0.127.